The molecule has 0 amide bonds. The van der Waals surface area contributed by atoms with E-state index in [0.717, 1.165) is 31.0 Å². The Labute approximate surface area is 136 Å². The average molecular weight is 304 g/mol. The maximum absolute atomic E-state index is 4.30. The molecule has 3 heterocycles. The van der Waals surface area contributed by atoms with Crippen molar-refractivity contribution < 1.29 is 0 Å². The van der Waals surface area contributed by atoms with E-state index in [1.165, 1.54) is 11.3 Å². The summed E-state index contributed by atoms with van der Waals surface area (Å²) in [5.74, 6) is 0. The van der Waals surface area contributed by atoms with Crippen LogP contribution in [0.3, 0.4) is 0 Å². The smallest absolute Gasteiger partial charge is 0.0995 e. The summed E-state index contributed by atoms with van der Waals surface area (Å²) in [5.41, 5.74) is 4.78. The number of aromatic nitrogens is 2. The van der Waals surface area contributed by atoms with Crippen LogP contribution in [-0.4, -0.2) is 32.4 Å². The Bertz CT molecular complexity index is 783. The number of hydrogen-bond acceptors (Lipinski definition) is 3. The lowest BCUT2D eigenvalue weighted by Gasteiger charge is -2.35. The zero-order chi connectivity index (χ0) is 15.6. The Morgan fingerprint density at radius 3 is 2.61 bits per heavy atom. The summed E-state index contributed by atoms with van der Waals surface area (Å²) in [7, 11) is 0. The average Bonchev–Trinajstić information content (AvgIpc) is 3.02. The molecule has 4 nitrogen and oxygen atoms in total. The Morgan fingerprint density at radius 2 is 1.83 bits per heavy atom. The number of allylic oxidation sites excluding steroid dienone is 3. The molecule has 0 fully saturated rings. The van der Waals surface area contributed by atoms with Gasteiger partial charge in [0.1, 0.15) is 0 Å². The van der Waals surface area contributed by atoms with Gasteiger partial charge in [0.05, 0.1) is 23.4 Å². The minimum atomic E-state index is 0.962. The van der Waals surface area contributed by atoms with Gasteiger partial charge in [0.15, 0.2) is 0 Å². The predicted molar refractivity (Wildman–Crippen MR) is 92.0 cm³/mol. The Hall–Kier alpha value is -2.75. The summed E-state index contributed by atoms with van der Waals surface area (Å²) < 4.78 is 2.07. The van der Waals surface area contributed by atoms with Gasteiger partial charge in [0.2, 0.25) is 0 Å². The Balaban J connectivity index is 1.51. The van der Waals surface area contributed by atoms with Gasteiger partial charge in [0, 0.05) is 38.2 Å². The van der Waals surface area contributed by atoms with Crippen molar-refractivity contribution in [1.82, 2.24) is 19.4 Å². The first-order valence-electron chi connectivity index (χ1n) is 7.95. The monoisotopic (exact) mass is 304 g/mol. The highest BCUT2D eigenvalue weighted by Gasteiger charge is 2.18. The molecule has 0 atom stereocenters. The molecule has 23 heavy (non-hydrogen) atoms. The molecule has 0 unspecified atom stereocenters. The van der Waals surface area contributed by atoms with Crippen molar-refractivity contribution in [1.29, 1.82) is 0 Å². The molecule has 4 heteroatoms. The van der Waals surface area contributed by atoms with E-state index in [9.17, 15) is 0 Å². The van der Waals surface area contributed by atoms with Gasteiger partial charge in [-0.15, -0.1) is 0 Å². The van der Waals surface area contributed by atoms with E-state index >= 15 is 0 Å². The van der Waals surface area contributed by atoms with E-state index in [4.69, 9.17) is 0 Å². The molecule has 0 aliphatic carbocycles. The van der Waals surface area contributed by atoms with Gasteiger partial charge in [-0.3, -0.25) is 0 Å². The minimum Gasteiger partial charge on any atom is -0.370 e. The van der Waals surface area contributed by atoms with Gasteiger partial charge in [-0.2, -0.15) is 0 Å². The zero-order valence-corrected chi connectivity index (χ0v) is 13.3. The molecule has 116 valence electrons. The molecular weight excluding hydrogens is 284 g/mol. The molecule has 2 aromatic rings. The van der Waals surface area contributed by atoms with E-state index in [1.54, 1.807) is 0 Å². The van der Waals surface area contributed by atoms with Crippen molar-refractivity contribution >= 4 is 5.70 Å². The SMILES string of the molecule is Cc1cn(C2=CN3CCN(Cc4ccccc4)C=C3C=C2)cn1. The molecule has 0 bridgehead atoms. The maximum Gasteiger partial charge on any atom is 0.0995 e. The third-order valence-electron chi connectivity index (χ3n) is 4.23. The fourth-order valence-corrected chi connectivity index (χ4v) is 3.00. The first-order valence-corrected chi connectivity index (χ1v) is 7.95. The van der Waals surface area contributed by atoms with Crippen LogP contribution in [0, 0.1) is 6.92 Å². The first-order chi connectivity index (χ1) is 11.3. The zero-order valence-electron chi connectivity index (χ0n) is 13.3. The molecule has 0 spiro atoms. The minimum absolute atomic E-state index is 0.962. The summed E-state index contributed by atoms with van der Waals surface area (Å²) in [6.45, 7) is 5.00. The molecular formula is C19H20N4. The molecule has 0 radical (unpaired) electrons. The van der Waals surface area contributed by atoms with Gasteiger partial charge >= 0.3 is 0 Å². The molecule has 2 aliphatic heterocycles. The van der Waals surface area contributed by atoms with Crippen molar-refractivity contribution in [3.8, 4) is 0 Å². The molecule has 1 aromatic carbocycles. The van der Waals surface area contributed by atoms with Gasteiger partial charge in [-0.05, 0) is 24.6 Å². The van der Waals surface area contributed by atoms with E-state index in [2.05, 4.69) is 80.4 Å². The highest BCUT2D eigenvalue weighted by atomic mass is 15.2. The summed E-state index contributed by atoms with van der Waals surface area (Å²) >= 11 is 0. The summed E-state index contributed by atoms with van der Waals surface area (Å²) in [6, 6.07) is 10.6. The molecule has 4 rings (SSSR count). The summed E-state index contributed by atoms with van der Waals surface area (Å²) in [6.07, 6.45) is 12.7. The highest BCUT2D eigenvalue weighted by molar-refractivity contribution is 5.61. The van der Waals surface area contributed by atoms with E-state index in [-0.39, 0.29) is 0 Å². The second kappa shape index (κ2) is 5.80. The standard InChI is InChI=1S/C19H20N4/c1-16-11-23(15-20-16)19-8-7-18-13-21(9-10-22(18)14-19)12-17-5-3-2-4-6-17/h2-8,11,13-15H,9-10,12H2,1H3. The first kappa shape index (κ1) is 13.9. The molecule has 0 N–H and O–H groups in total. The van der Waals surface area contributed by atoms with E-state index < -0.39 is 0 Å². The Morgan fingerprint density at radius 1 is 1.00 bits per heavy atom. The molecule has 0 saturated carbocycles. The summed E-state index contributed by atoms with van der Waals surface area (Å²) in [4.78, 5) is 8.99. The van der Waals surface area contributed by atoms with Crippen LogP contribution in [0.25, 0.3) is 5.70 Å². The lowest BCUT2D eigenvalue weighted by molar-refractivity contribution is 0.284. The van der Waals surface area contributed by atoms with Crippen molar-refractivity contribution in [3.05, 3.63) is 84.4 Å². The maximum atomic E-state index is 4.30. The third-order valence-corrected chi connectivity index (χ3v) is 4.23. The van der Waals surface area contributed by atoms with Crippen LogP contribution in [0.5, 0.6) is 0 Å². The van der Waals surface area contributed by atoms with Crippen LogP contribution in [0.4, 0.5) is 0 Å². The number of benzene rings is 1. The quantitative estimate of drug-likeness (QED) is 0.870. The van der Waals surface area contributed by atoms with Crippen LogP contribution in [-0.2, 0) is 6.54 Å². The van der Waals surface area contributed by atoms with Crippen LogP contribution in [0.15, 0.2) is 73.1 Å². The second-order valence-electron chi connectivity index (χ2n) is 6.01. The lowest BCUT2D eigenvalue weighted by Crippen LogP contribution is -2.35. The number of hydrogen-bond donors (Lipinski definition) is 0. The van der Waals surface area contributed by atoms with Crippen LogP contribution in [0.1, 0.15) is 11.3 Å². The highest BCUT2D eigenvalue weighted by Crippen LogP contribution is 2.24. The number of nitrogens with zero attached hydrogens (tertiary/aromatic N) is 4. The number of fused-ring (bicyclic) bond motifs is 1. The van der Waals surface area contributed by atoms with E-state index in [0.29, 0.717) is 0 Å². The van der Waals surface area contributed by atoms with Gasteiger partial charge in [-0.25, -0.2) is 4.98 Å². The number of aryl methyl sites for hydroxylation is 1. The molecule has 1 aromatic heterocycles. The molecule has 0 saturated heterocycles. The van der Waals surface area contributed by atoms with Crippen molar-refractivity contribution in [2.75, 3.05) is 13.1 Å². The predicted octanol–water partition coefficient (Wildman–Crippen LogP) is 3.22. The number of imidazole rings is 1. The van der Waals surface area contributed by atoms with E-state index in [1.807, 2.05) is 13.3 Å². The van der Waals surface area contributed by atoms with Crippen LogP contribution in [0.2, 0.25) is 0 Å². The Kier molecular flexibility index (Phi) is 3.50. The van der Waals surface area contributed by atoms with Crippen molar-refractivity contribution in [2.45, 2.75) is 13.5 Å². The van der Waals surface area contributed by atoms with Crippen LogP contribution >= 0.6 is 0 Å². The normalized spacial score (nSPS) is 16.9. The van der Waals surface area contributed by atoms with Gasteiger partial charge < -0.3 is 14.4 Å². The molecule has 2 aliphatic rings. The largest absolute Gasteiger partial charge is 0.370 e. The van der Waals surface area contributed by atoms with Crippen LogP contribution < -0.4 is 0 Å². The topological polar surface area (TPSA) is 24.3 Å². The van der Waals surface area contributed by atoms with Crippen molar-refractivity contribution in [2.24, 2.45) is 0 Å². The second-order valence-corrected chi connectivity index (χ2v) is 6.01. The fourth-order valence-electron chi connectivity index (χ4n) is 3.00. The fraction of sp³-hybridized carbons (Fsp3) is 0.211. The van der Waals surface area contributed by atoms with Gasteiger partial charge in [-0.1, -0.05) is 30.3 Å². The van der Waals surface area contributed by atoms with Gasteiger partial charge in [0.25, 0.3) is 0 Å². The summed E-state index contributed by atoms with van der Waals surface area (Å²) in [5, 5.41) is 0. The third kappa shape index (κ3) is 2.93. The lowest BCUT2D eigenvalue weighted by atomic mass is 10.1. The number of rotatable bonds is 3. The van der Waals surface area contributed by atoms with Crippen molar-refractivity contribution in [3.63, 3.8) is 0 Å².